The fraction of sp³-hybridized carbons (Fsp3) is 0.346. The van der Waals surface area contributed by atoms with Gasteiger partial charge in [-0.1, -0.05) is 48.5 Å². The molecule has 0 bridgehead atoms. The maximum atomic E-state index is 13.1. The summed E-state index contributed by atoms with van der Waals surface area (Å²) in [5.41, 5.74) is 3.86. The van der Waals surface area contributed by atoms with Gasteiger partial charge in [0.05, 0.1) is 6.04 Å². The molecule has 3 aromatic carbocycles. The van der Waals surface area contributed by atoms with Crippen molar-refractivity contribution in [1.82, 2.24) is 10.2 Å². The van der Waals surface area contributed by atoms with E-state index in [4.69, 9.17) is 0 Å². The second kappa shape index (κ2) is 8.88. The van der Waals surface area contributed by atoms with Crippen molar-refractivity contribution in [3.63, 3.8) is 0 Å². The van der Waals surface area contributed by atoms with Crippen LogP contribution >= 0.6 is 0 Å². The van der Waals surface area contributed by atoms with Crippen LogP contribution in [0.1, 0.15) is 47.3 Å². The van der Waals surface area contributed by atoms with E-state index in [0.717, 1.165) is 28.9 Å². The highest BCUT2D eigenvalue weighted by atomic mass is 16.1. The number of carbonyl (C=O) groups is 1. The molecule has 4 rings (SSSR count). The van der Waals surface area contributed by atoms with E-state index in [1.165, 1.54) is 30.2 Å². The first-order valence-electron chi connectivity index (χ1n) is 10.9. The van der Waals surface area contributed by atoms with Crippen LogP contribution < -0.4 is 10.6 Å². The molecule has 30 heavy (non-hydrogen) atoms. The van der Waals surface area contributed by atoms with Crippen LogP contribution in [0.5, 0.6) is 0 Å². The van der Waals surface area contributed by atoms with Gasteiger partial charge in [-0.05, 0) is 74.3 Å². The number of likely N-dealkylation sites (tertiary alicyclic amines) is 1. The molecule has 1 amide bonds. The zero-order valence-corrected chi connectivity index (χ0v) is 18.1. The van der Waals surface area contributed by atoms with Gasteiger partial charge in [0.25, 0.3) is 5.91 Å². The first-order chi connectivity index (χ1) is 14.5. The Bertz CT molecular complexity index is 1040. The number of likely N-dealkylation sites (N-methyl/N-ethyl adjacent to an activating group) is 1. The molecule has 1 fully saturated rings. The van der Waals surface area contributed by atoms with Crippen LogP contribution in [0.4, 0.5) is 5.69 Å². The van der Waals surface area contributed by atoms with Gasteiger partial charge in [-0.25, -0.2) is 0 Å². The first kappa shape index (κ1) is 20.4. The van der Waals surface area contributed by atoms with Crippen LogP contribution in [0.2, 0.25) is 0 Å². The predicted molar refractivity (Wildman–Crippen MR) is 125 cm³/mol. The molecule has 1 saturated heterocycles. The summed E-state index contributed by atoms with van der Waals surface area (Å²) in [7, 11) is 2.18. The fourth-order valence-electron chi connectivity index (χ4n) is 4.43. The van der Waals surface area contributed by atoms with Crippen LogP contribution in [-0.2, 0) is 0 Å². The summed E-state index contributed by atoms with van der Waals surface area (Å²) >= 11 is 0. The Balaban J connectivity index is 1.48. The van der Waals surface area contributed by atoms with Gasteiger partial charge in [0.1, 0.15) is 0 Å². The van der Waals surface area contributed by atoms with Crippen molar-refractivity contribution >= 4 is 22.4 Å². The summed E-state index contributed by atoms with van der Waals surface area (Å²) < 4.78 is 0. The average molecular weight is 402 g/mol. The molecular weight excluding hydrogens is 370 g/mol. The normalized spacial score (nSPS) is 17.8. The van der Waals surface area contributed by atoms with Gasteiger partial charge < -0.3 is 15.5 Å². The van der Waals surface area contributed by atoms with E-state index in [1.54, 1.807) is 0 Å². The quantitative estimate of drug-likeness (QED) is 0.601. The number of hydrogen-bond acceptors (Lipinski definition) is 3. The third-order valence-electron chi connectivity index (χ3n) is 6.33. The van der Waals surface area contributed by atoms with Crippen molar-refractivity contribution in [3.8, 4) is 0 Å². The molecule has 0 radical (unpaired) electrons. The van der Waals surface area contributed by atoms with Crippen molar-refractivity contribution in [2.75, 3.05) is 25.5 Å². The van der Waals surface area contributed by atoms with Crippen molar-refractivity contribution in [1.29, 1.82) is 0 Å². The minimum Gasteiger partial charge on any atom is -0.383 e. The number of nitrogens with zero attached hydrogens (tertiary/aromatic N) is 1. The Kier molecular flexibility index (Phi) is 6.05. The number of anilines is 1. The van der Waals surface area contributed by atoms with Gasteiger partial charge in [-0.3, -0.25) is 4.79 Å². The van der Waals surface area contributed by atoms with Crippen LogP contribution in [0.3, 0.4) is 0 Å². The Morgan fingerprint density at radius 3 is 2.73 bits per heavy atom. The number of amides is 1. The number of benzene rings is 3. The Labute approximate surface area is 179 Å². The third kappa shape index (κ3) is 4.34. The number of aryl methyl sites for hydroxylation is 1. The van der Waals surface area contributed by atoms with Gasteiger partial charge in [-0.2, -0.15) is 0 Å². The Morgan fingerprint density at radius 1 is 1.13 bits per heavy atom. The zero-order valence-electron chi connectivity index (χ0n) is 18.1. The molecular formula is C26H31N3O. The number of hydrogen-bond donors (Lipinski definition) is 2. The van der Waals surface area contributed by atoms with E-state index < -0.39 is 0 Å². The summed E-state index contributed by atoms with van der Waals surface area (Å²) in [5.74, 6) is -0.0328. The van der Waals surface area contributed by atoms with Gasteiger partial charge in [0, 0.05) is 23.8 Å². The van der Waals surface area contributed by atoms with E-state index in [9.17, 15) is 4.79 Å². The molecule has 3 aromatic rings. The summed E-state index contributed by atoms with van der Waals surface area (Å²) in [4.78, 5) is 15.5. The van der Waals surface area contributed by atoms with Gasteiger partial charge in [0.15, 0.2) is 0 Å². The molecule has 4 heteroatoms. The SMILES string of the molecule is Cc1ccc(NC[C@H]2CCCN2C)cc1C(=O)N[C@H](C)c1cccc2ccccc12. The molecule has 156 valence electrons. The standard InChI is InChI=1S/C26H31N3O/c1-18-13-14-21(27-17-22-10-7-15-29(22)3)16-25(18)26(30)28-19(2)23-12-6-9-20-8-4-5-11-24(20)23/h4-6,8-9,11-14,16,19,22,27H,7,10,15,17H2,1-3H3,(H,28,30)/t19-,22-/m1/s1. The molecule has 2 atom stereocenters. The fourth-order valence-corrected chi connectivity index (χ4v) is 4.43. The van der Waals surface area contributed by atoms with E-state index >= 15 is 0 Å². The highest BCUT2D eigenvalue weighted by Gasteiger charge is 2.21. The van der Waals surface area contributed by atoms with Crippen molar-refractivity contribution in [3.05, 3.63) is 77.4 Å². The minimum absolute atomic E-state index is 0.0328. The Hall–Kier alpha value is -2.85. The topological polar surface area (TPSA) is 44.4 Å². The molecule has 0 aromatic heterocycles. The van der Waals surface area contributed by atoms with Crippen LogP contribution in [0, 0.1) is 6.92 Å². The first-order valence-corrected chi connectivity index (χ1v) is 10.9. The lowest BCUT2D eigenvalue weighted by molar-refractivity contribution is 0.0939. The molecule has 2 N–H and O–H groups in total. The number of nitrogens with one attached hydrogen (secondary N) is 2. The number of fused-ring (bicyclic) bond motifs is 1. The lowest BCUT2D eigenvalue weighted by Crippen LogP contribution is -2.31. The largest absolute Gasteiger partial charge is 0.383 e. The van der Waals surface area contributed by atoms with Crippen LogP contribution in [-0.4, -0.2) is 37.0 Å². The number of rotatable bonds is 6. The van der Waals surface area contributed by atoms with E-state index in [1.807, 2.05) is 38.1 Å². The lowest BCUT2D eigenvalue weighted by Gasteiger charge is -2.21. The molecule has 0 spiro atoms. The summed E-state index contributed by atoms with van der Waals surface area (Å²) in [5, 5.41) is 9.10. The average Bonchev–Trinajstić information content (AvgIpc) is 3.17. The highest BCUT2D eigenvalue weighted by Crippen LogP contribution is 2.25. The monoisotopic (exact) mass is 401 g/mol. The van der Waals surface area contributed by atoms with E-state index in [-0.39, 0.29) is 11.9 Å². The van der Waals surface area contributed by atoms with E-state index in [0.29, 0.717) is 6.04 Å². The smallest absolute Gasteiger partial charge is 0.252 e. The van der Waals surface area contributed by atoms with Gasteiger partial charge in [0.2, 0.25) is 0 Å². The minimum atomic E-state index is -0.0771. The van der Waals surface area contributed by atoms with Crippen LogP contribution in [0.25, 0.3) is 10.8 Å². The highest BCUT2D eigenvalue weighted by molar-refractivity contribution is 5.97. The molecule has 0 aliphatic carbocycles. The summed E-state index contributed by atoms with van der Waals surface area (Å²) in [6, 6.07) is 21.1. The van der Waals surface area contributed by atoms with Crippen molar-refractivity contribution in [2.45, 2.75) is 38.8 Å². The number of carbonyl (C=O) groups excluding carboxylic acids is 1. The molecule has 0 unspecified atom stereocenters. The second-order valence-corrected chi connectivity index (χ2v) is 8.45. The zero-order chi connectivity index (χ0) is 21.1. The van der Waals surface area contributed by atoms with Crippen LogP contribution in [0.15, 0.2) is 60.7 Å². The molecule has 4 nitrogen and oxygen atoms in total. The van der Waals surface area contributed by atoms with Gasteiger partial charge in [-0.15, -0.1) is 0 Å². The summed E-state index contributed by atoms with van der Waals surface area (Å²) in [6.07, 6.45) is 2.49. The second-order valence-electron chi connectivity index (χ2n) is 8.45. The molecule has 0 saturated carbocycles. The van der Waals surface area contributed by atoms with Gasteiger partial charge >= 0.3 is 0 Å². The van der Waals surface area contributed by atoms with Crippen molar-refractivity contribution in [2.24, 2.45) is 0 Å². The summed E-state index contributed by atoms with van der Waals surface area (Å²) in [6.45, 7) is 6.12. The predicted octanol–water partition coefficient (Wildman–Crippen LogP) is 5.15. The van der Waals surface area contributed by atoms with Crippen molar-refractivity contribution < 1.29 is 4.79 Å². The third-order valence-corrected chi connectivity index (χ3v) is 6.33. The van der Waals surface area contributed by atoms with E-state index in [2.05, 4.69) is 59.0 Å². The molecule has 1 aliphatic heterocycles. The maximum absolute atomic E-state index is 13.1. The molecule has 1 aliphatic rings. The Morgan fingerprint density at radius 2 is 1.93 bits per heavy atom. The lowest BCUT2D eigenvalue weighted by atomic mass is 9.99. The molecule has 1 heterocycles. The maximum Gasteiger partial charge on any atom is 0.252 e.